The highest BCUT2D eigenvalue weighted by Crippen LogP contribution is 2.27. The molecule has 0 spiro atoms. The van der Waals surface area contributed by atoms with Gasteiger partial charge in [0.1, 0.15) is 23.2 Å². The van der Waals surface area contributed by atoms with E-state index in [0.29, 0.717) is 0 Å². The van der Waals surface area contributed by atoms with Crippen molar-refractivity contribution in [2.24, 2.45) is 0 Å². The molecule has 1 aromatic carbocycles. The largest absolute Gasteiger partial charge is 0.368 e. The van der Waals surface area contributed by atoms with E-state index in [1.165, 1.54) is 57.0 Å². The van der Waals surface area contributed by atoms with Crippen molar-refractivity contribution in [1.29, 1.82) is 0 Å². The fourth-order valence-corrected chi connectivity index (χ4v) is 3.09. The van der Waals surface area contributed by atoms with Crippen LogP contribution in [0, 0.1) is 5.82 Å². The highest BCUT2D eigenvalue weighted by molar-refractivity contribution is 6.07. The minimum atomic E-state index is -0.250. The Kier molecular flexibility index (Phi) is 5.62. The Hall–Kier alpha value is -2.17. The molecule has 0 aliphatic carbocycles. The number of benzene rings is 1. The first-order chi connectivity index (χ1) is 11.8. The van der Waals surface area contributed by atoms with Gasteiger partial charge in [-0.05, 0) is 24.6 Å². The molecular formula is C19H25FN4. The minimum Gasteiger partial charge on any atom is -0.368 e. The Morgan fingerprint density at radius 1 is 1.04 bits per heavy atom. The maximum Gasteiger partial charge on any atom is 0.153 e. The van der Waals surface area contributed by atoms with Crippen LogP contribution in [0.25, 0.3) is 21.9 Å². The van der Waals surface area contributed by atoms with Gasteiger partial charge in [-0.15, -0.1) is 0 Å². The summed E-state index contributed by atoms with van der Waals surface area (Å²) in [6.07, 6.45) is 10.5. The summed E-state index contributed by atoms with van der Waals surface area (Å²) in [5.74, 6) is 0.544. The number of nitrogens with one attached hydrogen (secondary N) is 2. The van der Waals surface area contributed by atoms with E-state index in [-0.39, 0.29) is 5.82 Å². The molecule has 0 bridgehead atoms. The average molecular weight is 328 g/mol. The van der Waals surface area contributed by atoms with Gasteiger partial charge in [-0.3, -0.25) is 0 Å². The lowest BCUT2D eigenvalue weighted by Gasteiger charge is -2.06. The molecular weight excluding hydrogens is 303 g/mol. The fourth-order valence-electron chi connectivity index (χ4n) is 3.09. The van der Waals surface area contributed by atoms with E-state index in [0.717, 1.165) is 40.7 Å². The summed E-state index contributed by atoms with van der Waals surface area (Å²) in [6, 6.07) is 4.71. The molecule has 0 aliphatic heterocycles. The second-order valence-electron chi connectivity index (χ2n) is 6.31. The molecule has 3 aromatic rings. The van der Waals surface area contributed by atoms with Crippen LogP contribution >= 0.6 is 0 Å². The van der Waals surface area contributed by atoms with E-state index in [9.17, 15) is 4.39 Å². The molecule has 0 fully saturated rings. The molecule has 0 unspecified atom stereocenters. The predicted molar refractivity (Wildman–Crippen MR) is 97.8 cm³/mol. The molecule has 3 rings (SSSR count). The van der Waals surface area contributed by atoms with E-state index in [1.807, 2.05) is 0 Å². The number of nitrogens with zero attached hydrogens (tertiary/aromatic N) is 2. The summed E-state index contributed by atoms with van der Waals surface area (Å²) in [6.45, 7) is 3.13. The third-order valence-electron chi connectivity index (χ3n) is 4.42. The number of fused-ring (bicyclic) bond motifs is 3. The van der Waals surface area contributed by atoms with Gasteiger partial charge in [-0.2, -0.15) is 0 Å². The van der Waals surface area contributed by atoms with Gasteiger partial charge in [-0.1, -0.05) is 45.4 Å². The van der Waals surface area contributed by atoms with Crippen LogP contribution in [0.4, 0.5) is 10.2 Å². The Labute approximate surface area is 141 Å². The number of aromatic amines is 1. The van der Waals surface area contributed by atoms with Gasteiger partial charge >= 0.3 is 0 Å². The Balaban J connectivity index is 1.60. The lowest BCUT2D eigenvalue weighted by molar-refractivity contribution is 0.596. The Morgan fingerprint density at radius 3 is 2.67 bits per heavy atom. The van der Waals surface area contributed by atoms with Crippen molar-refractivity contribution in [1.82, 2.24) is 15.0 Å². The molecule has 24 heavy (non-hydrogen) atoms. The normalized spacial score (nSPS) is 11.4. The van der Waals surface area contributed by atoms with Crippen LogP contribution in [0.15, 0.2) is 24.5 Å². The SMILES string of the molecule is CCCCCCCCCNc1ncnc2c1[nH]c1ccc(F)cc12. The Bertz CT molecular complexity index is 797. The maximum atomic E-state index is 13.5. The molecule has 0 atom stereocenters. The van der Waals surface area contributed by atoms with E-state index in [4.69, 9.17) is 0 Å². The van der Waals surface area contributed by atoms with Crippen LogP contribution in [-0.4, -0.2) is 21.5 Å². The lowest BCUT2D eigenvalue weighted by atomic mass is 10.1. The molecule has 5 heteroatoms. The van der Waals surface area contributed by atoms with Crippen molar-refractivity contribution >= 4 is 27.8 Å². The average Bonchev–Trinajstić information content (AvgIpc) is 2.96. The van der Waals surface area contributed by atoms with E-state index in [2.05, 4.69) is 27.2 Å². The number of aromatic nitrogens is 3. The summed E-state index contributed by atoms with van der Waals surface area (Å²) in [5, 5.41) is 4.19. The summed E-state index contributed by atoms with van der Waals surface area (Å²) >= 11 is 0. The number of hydrogen-bond donors (Lipinski definition) is 2. The van der Waals surface area contributed by atoms with Gasteiger partial charge in [0.25, 0.3) is 0 Å². The first kappa shape index (κ1) is 16.7. The monoisotopic (exact) mass is 328 g/mol. The number of unbranched alkanes of at least 4 members (excludes halogenated alkanes) is 6. The summed E-state index contributed by atoms with van der Waals surface area (Å²) in [4.78, 5) is 11.9. The summed E-state index contributed by atoms with van der Waals surface area (Å²) in [5.41, 5.74) is 2.49. The second kappa shape index (κ2) is 8.08. The van der Waals surface area contributed by atoms with Gasteiger partial charge in [0.15, 0.2) is 5.82 Å². The van der Waals surface area contributed by atoms with Gasteiger partial charge in [0.05, 0.1) is 0 Å². The zero-order valence-electron chi connectivity index (χ0n) is 14.2. The van der Waals surface area contributed by atoms with Gasteiger partial charge in [0.2, 0.25) is 0 Å². The first-order valence-electron chi connectivity index (χ1n) is 8.95. The zero-order valence-corrected chi connectivity index (χ0v) is 14.2. The molecule has 2 N–H and O–H groups in total. The van der Waals surface area contributed by atoms with Crippen molar-refractivity contribution in [2.75, 3.05) is 11.9 Å². The highest BCUT2D eigenvalue weighted by Gasteiger charge is 2.10. The number of halogens is 1. The van der Waals surface area contributed by atoms with Gasteiger partial charge in [-0.25, -0.2) is 14.4 Å². The smallest absolute Gasteiger partial charge is 0.153 e. The van der Waals surface area contributed by atoms with Crippen LogP contribution < -0.4 is 5.32 Å². The molecule has 0 aliphatic rings. The molecule has 128 valence electrons. The second-order valence-corrected chi connectivity index (χ2v) is 6.31. The molecule has 2 aromatic heterocycles. The molecule has 0 amide bonds. The van der Waals surface area contributed by atoms with Crippen molar-refractivity contribution in [3.63, 3.8) is 0 Å². The number of anilines is 1. The summed E-state index contributed by atoms with van der Waals surface area (Å²) < 4.78 is 13.5. The molecule has 0 radical (unpaired) electrons. The van der Waals surface area contributed by atoms with Gasteiger partial charge < -0.3 is 10.3 Å². The maximum absolute atomic E-state index is 13.5. The Morgan fingerprint density at radius 2 is 1.83 bits per heavy atom. The molecule has 2 heterocycles. The van der Waals surface area contributed by atoms with Crippen molar-refractivity contribution < 1.29 is 4.39 Å². The lowest BCUT2D eigenvalue weighted by Crippen LogP contribution is -2.04. The van der Waals surface area contributed by atoms with Crippen LogP contribution in [0.2, 0.25) is 0 Å². The van der Waals surface area contributed by atoms with E-state index < -0.39 is 0 Å². The fraction of sp³-hybridized carbons (Fsp3) is 0.474. The van der Waals surface area contributed by atoms with Crippen molar-refractivity contribution in [3.05, 3.63) is 30.3 Å². The standard InChI is InChI=1S/C19H25FN4/c1-2-3-4-5-6-7-8-11-21-19-18-17(22-13-23-19)15-12-14(20)9-10-16(15)24-18/h9-10,12-13,24H,2-8,11H2,1H3,(H,21,22,23). The molecule has 0 saturated heterocycles. The van der Waals surface area contributed by atoms with E-state index in [1.54, 1.807) is 6.07 Å². The van der Waals surface area contributed by atoms with Gasteiger partial charge in [0, 0.05) is 17.4 Å². The number of H-pyrrole nitrogens is 1. The number of rotatable bonds is 9. The third-order valence-corrected chi connectivity index (χ3v) is 4.42. The van der Waals surface area contributed by atoms with Crippen LogP contribution in [0.1, 0.15) is 51.9 Å². The van der Waals surface area contributed by atoms with Crippen LogP contribution in [-0.2, 0) is 0 Å². The topological polar surface area (TPSA) is 53.6 Å². The molecule has 0 saturated carbocycles. The molecule has 4 nitrogen and oxygen atoms in total. The predicted octanol–water partition coefficient (Wildman–Crippen LogP) is 5.41. The first-order valence-corrected chi connectivity index (χ1v) is 8.95. The van der Waals surface area contributed by atoms with Crippen molar-refractivity contribution in [3.8, 4) is 0 Å². The highest BCUT2D eigenvalue weighted by atomic mass is 19.1. The zero-order chi connectivity index (χ0) is 16.8. The third kappa shape index (κ3) is 3.83. The van der Waals surface area contributed by atoms with Crippen LogP contribution in [0.3, 0.4) is 0 Å². The number of hydrogen-bond acceptors (Lipinski definition) is 3. The van der Waals surface area contributed by atoms with Crippen LogP contribution in [0.5, 0.6) is 0 Å². The van der Waals surface area contributed by atoms with Crippen molar-refractivity contribution in [2.45, 2.75) is 51.9 Å². The quantitative estimate of drug-likeness (QED) is 0.516. The van der Waals surface area contributed by atoms with E-state index >= 15 is 0 Å². The minimum absolute atomic E-state index is 0.250. The summed E-state index contributed by atoms with van der Waals surface area (Å²) in [7, 11) is 0.